The van der Waals surface area contributed by atoms with Crippen LogP contribution in [0.25, 0.3) is 0 Å². The first-order chi connectivity index (χ1) is 1.00. The van der Waals surface area contributed by atoms with Crippen molar-refractivity contribution in [1.82, 2.24) is 0 Å². The van der Waals surface area contributed by atoms with Crippen LogP contribution < -0.4 is 29.6 Å². The van der Waals surface area contributed by atoms with Crippen LogP contribution >= 0.6 is 0 Å². The van der Waals surface area contributed by atoms with E-state index in [2.05, 4.69) is 0 Å². The van der Waals surface area contributed by atoms with Gasteiger partial charge in [0.1, 0.15) is 0 Å². The number of hydrogen-bond acceptors (Lipinski definition) is 1. The maximum Gasteiger partial charge on any atom is 2.00 e. The quantitative estimate of drug-likeness (QED) is 0.241. The zero-order chi connectivity index (χ0) is 2.00. The Hall–Kier alpha value is 0.996. The summed E-state index contributed by atoms with van der Waals surface area (Å²) in [6, 6.07) is 0. The van der Waals surface area contributed by atoms with E-state index in [1.807, 2.05) is 0 Å². The molecule has 1 nitrogen and oxygen atoms in total. The van der Waals surface area contributed by atoms with Gasteiger partial charge < -0.3 is 11.8 Å². The Labute approximate surface area is 57.9 Å². The molecule has 0 spiro atoms. The van der Waals surface area contributed by atoms with Gasteiger partial charge in [-0.05, 0) is 0 Å². The zero-order valence-corrected chi connectivity index (χ0v) is 5.32. The molecule has 0 saturated heterocycles. The molecule has 0 aromatic heterocycles. The molecule has 17 valence electrons. The van der Waals surface area contributed by atoms with Gasteiger partial charge in [-0.3, -0.25) is 0 Å². The van der Waals surface area contributed by atoms with Crippen LogP contribution in [0.4, 0.5) is 0 Å². The van der Waals surface area contributed by atoms with Gasteiger partial charge >= 0.3 is 46.3 Å². The van der Waals surface area contributed by atoms with Crippen molar-refractivity contribution in [2.75, 3.05) is 0 Å². The first-order valence-electron chi connectivity index (χ1n) is 0.224. The van der Waals surface area contributed by atoms with Crippen molar-refractivity contribution in [1.29, 1.82) is 5.26 Å². The Balaban J connectivity index is -0.00000000500. The molecule has 0 saturated carbocycles. The van der Waals surface area contributed by atoms with E-state index >= 15 is 0 Å². The predicted octanol–water partition coefficient (Wildman–Crippen LogP) is -2.90. The van der Waals surface area contributed by atoms with Crippen LogP contribution in [-0.4, -0.2) is 0 Å². The van der Waals surface area contributed by atoms with Gasteiger partial charge in [-0.15, -0.1) is 0 Å². The van der Waals surface area contributed by atoms with Crippen molar-refractivity contribution in [3.8, 4) is 0 Å². The van der Waals surface area contributed by atoms with Gasteiger partial charge in [-0.25, -0.2) is 0 Å². The molecule has 0 unspecified atom stereocenters. The van der Waals surface area contributed by atoms with Gasteiger partial charge in [0.25, 0.3) is 0 Å². The summed E-state index contributed by atoms with van der Waals surface area (Å²) in [5.74, 6) is 0. The second-order valence-corrected chi connectivity index (χ2v) is 0. The van der Waals surface area contributed by atoms with Gasteiger partial charge in [0.2, 0.25) is 0 Å². The summed E-state index contributed by atoms with van der Waals surface area (Å²) in [6.07, 6.45) is 0. The Kier molecular flexibility index (Phi) is 181. The Morgan fingerprint density at radius 1 is 1.25 bits per heavy atom. The summed E-state index contributed by atoms with van der Waals surface area (Å²) in [7, 11) is 0. The first-order valence-corrected chi connectivity index (χ1v) is 0.224. The Bertz CT molecular complexity index is 12.8. The van der Waals surface area contributed by atoms with Crippen molar-refractivity contribution in [3.63, 3.8) is 0 Å². The monoisotopic (exact) mass is 108 g/mol. The summed E-state index contributed by atoms with van der Waals surface area (Å²) in [6.45, 7) is 4.75. The third kappa shape index (κ3) is 12.0. The van der Waals surface area contributed by atoms with Gasteiger partial charge in [0.05, 0.1) is 0 Å². The molecule has 0 fully saturated rings. The largest absolute Gasteiger partial charge is 2.00 e. The fourth-order valence-electron chi connectivity index (χ4n) is 0. The molecule has 3 heteroatoms. The van der Waals surface area contributed by atoms with Gasteiger partial charge in [-0.2, -0.15) is 0 Å². The van der Waals surface area contributed by atoms with E-state index in [1.165, 1.54) is 0 Å². The van der Waals surface area contributed by atoms with Crippen LogP contribution in [0.1, 0.15) is 0 Å². The molecule has 0 bridgehead atoms. The van der Waals surface area contributed by atoms with Crippen LogP contribution in [0.3, 0.4) is 0 Å². The van der Waals surface area contributed by atoms with Crippen molar-refractivity contribution in [3.05, 3.63) is 6.57 Å². The molecule has 0 heterocycles. The van der Waals surface area contributed by atoms with E-state index in [0.717, 1.165) is 0 Å². The maximum atomic E-state index is 6.25. The smallest absolute Gasteiger partial charge is 0.512 e. The molecular weight excluding hydrogens is 108 g/mol. The van der Waals surface area contributed by atoms with Crippen LogP contribution in [0.2, 0.25) is 0 Å². The van der Waals surface area contributed by atoms with E-state index in [9.17, 15) is 0 Å². The second-order valence-electron chi connectivity index (χ2n) is 0. The van der Waals surface area contributed by atoms with Crippen molar-refractivity contribution in [2.24, 2.45) is 0 Å². The standard InChI is InChI=1S/CN.Co.Na/c1-2;;/q-1;+2;+1. The minimum absolute atomic E-state index is 0. The average molecular weight is 108 g/mol. The number of nitrogens with zero attached hydrogens (tertiary/aromatic N) is 1. The minimum Gasteiger partial charge on any atom is -0.512 e. The van der Waals surface area contributed by atoms with Crippen LogP contribution in [-0.2, 0) is 16.8 Å². The third-order valence-corrected chi connectivity index (χ3v) is 0. The van der Waals surface area contributed by atoms with Crippen LogP contribution in [0.5, 0.6) is 0 Å². The molecule has 0 N–H and O–H groups in total. The van der Waals surface area contributed by atoms with E-state index < -0.39 is 0 Å². The molecule has 0 rings (SSSR count). The summed E-state index contributed by atoms with van der Waals surface area (Å²) in [4.78, 5) is 0. The number of rotatable bonds is 0. The molecule has 0 aliphatic heterocycles. The SMILES string of the molecule is [C-]#N.[Co+2].[Na+]. The molecule has 1 radical (unpaired) electrons. The van der Waals surface area contributed by atoms with Crippen molar-refractivity contribution in [2.45, 2.75) is 0 Å². The van der Waals surface area contributed by atoms with E-state index in [4.69, 9.17) is 11.8 Å². The van der Waals surface area contributed by atoms with E-state index in [-0.39, 0.29) is 46.3 Å². The minimum atomic E-state index is 0. The molecular formula is CCoNNa+2. The maximum absolute atomic E-state index is 6.25. The predicted molar refractivity (Wildman–Crippen MR) is 4.97 cm³/mol. The number of hydrogen-bond donors (Lipinski definition) is 0. The molecule has 0 aromatic rings. The zero-order valence-electron chi connectivity index (χ0n) is 2.28. The summed E-state index contributed by atoms with van der Waals surface area (Å²) < 4.78 is 0. The summed E-state index contributed by atoms with van der Waals surface area (Å²) >= 11 is 0. The van der Waals surface area contributed by atoms with Crippen LogP contribution in [0, 0.1) is 11.8 Å². The molecule has 0 amide bonds. The Morgan fingerprint density at radius 3 is 1.25 bits per heavy atom. The normalized spacial score (nSPS) is 0.500. The van der Waals surface area contributed by atoms with Gasteiger partial charge in [0, 0.05) is 0 Å². The first kappa shape index (κ1) is 20.0. The molecule has 0 aliphatic rings. The summed E-state index contributed by atoms with van der Waals surface area (Å²) in [5, 5.41) is 6.25. The molecule has 0 aliphatic carbocycles. The van der Waals surface area contributed by atoms with E-state index in [0.29, 0.717) is 0 Å². The molecule has 0 aromatic carbocycles. The van der Waals surface area contributed by atoms with Gasteiger partial charge in [-0.1, -0.05) is 0 Å². The Morgan fingerprint density at radius 2 is 1.25 bits per heavy atom. The van der Waals surface area contributed by atoms with Crippen molar-refractivity contribution < 1.29 is 46.3 Å². The topological polar surface area (TPSA) is 23.8 Å². The van der Waals surface area contributed by atoms with Gasteiger partial charge in [0.15, 0.2) is 0 Å². The fourth-order valence-corrected chi connectivity index (χ4v) is 0. The summed E-state index contributed by atoms with van der Waals surface area (Å²) in [5.41, 5.74) is 0. The van der Waals surface area contributed by atoms with E-state index in [1.54, 1.807) is 0 Å². The van der Waals surface area contributed by atoms with Crippen molar-refractivity contribution >= 4 is 0 Å². The van der Waals surface area contributed by atoms with Crippen LogP contribution in [0.15, 0.2) is 0 Å². The average Bonchev–Trinajstić information content (AvgIpc) is 1.00. The second kappa shape index (κ2) is 36.1. The molecule has 4 heavy (non-hydrogen) atoms. The molecule has 0 atom stereocenters. The fraction of sp³-hybridized carbons (Fsp3) is 0. The third-order valence-electron chi connectivity index (χ3n) is 0.